The number of carboxylic acid groups (broad SMARTS) is 1. The van der Waals surface area contributed by atoms with E-state index in [2.05, 4.69) is 16.7 Å². The van der Waals surface area contributed by atoms with Crippen LogP contribution in [-0.2, 0) is 6.54 Å². The molecule has 0 aliphatic heterocycles. The van der Waals surface area contributed by atoms with E-state index in [0.29, 0.717) is 11.7 Å². The first-order valence-electron chi connectivity index (χ1n) is 6.90. The van der Waals surface area contributed by atoms with Gasteiger partial charge in [0.15, 0.2) is 5.11 Å². The fraction of sp³-hybridized carbons (Fsp3) is 0.176. The molecule has 0 amide bonds. The number of carbonyl (C=O) groups is 1. The van der Waals surface area contributed by atoms with Crippen molar-refractivity contribution in [2.75, 3.05) is 5.32 Å². The first-order valence-corrected chi connectivity index (χ1v) is 7.31. The first kappa shape index (κ1) is 16.0. The molecule has 0 aromatic heterocycles. The molecule has 2 rings (SSSR count). The van der Waals surface area contributed by atoms with Crippen LogP contribution in [0.2, 0.25) is 0 Å². The number of carboxylic acids is 1. The summed E-state index contributed by atoms with van der Waals surface area (Å²) < 4.78 is 0. The number of thiocarbonyl (C=S) groups is 1. The van der Waals surface area contributed by atoms with Crippen molar-refractivity contribution in [3.05, 3.63) is 64.7 Å². The topological polar surface area (TPSA) is 61.4 Å². The third kappa shape index (κ3) is 4.30. The van der Waals surface area contributed by atoms with Gasteiger partial charge in [0.1, 0.15) is 0 Å². The Morgan fingerprint density at radius 2 is 1.82 bits per heavy atom. The summed E-state index contributed by atoms with van der Waals surface area (Å²) in [6.07, 6.45) is 0. The monoisotopic (exact) mass is 314 g/mol. The zero-order chi connectivity index (χ0) is 16.1. The highest BCUT2D eigenvalue weighted by molar-refractivity contribution is 7.80. The molecule has 0 unspecified atom stereocenters. The minimum absolute atomic E-state index is 0.278. The lowest BCUT2D eigenvalue weighted by atomic mass is 10.1. The van der Waals surface area contributed by atoms with Crippen molar-refractivity contribution in [1.29, 1.82) is 0 Å². The lowest BCUT2D eigenvalue weighted by Crippen LogP contribution is -2.28. The third-order valence-corrected chi connectivity index (χ3v) is 3.54. The summed E-state index contributed by atoms with van der Waals surface area (Å²) in [6, 6.07) is 12.9. The molecular weight excluding hydrogens is 296 g/mol. The number of anilines is 1. The maximum absolute atomic E-state index is 10.8. The molecule has 0 bridgehead atoms. The fourth-order valence-corrected chi connectivity index (χ4v) is 2.17. The minimum Gasteiger partial charge on any atom is -0.478 e. The molecule has 5 heteroatoms. The van der Waals surface area contributed by atoms with Gasteiger partial charge in [-0.25, -0.2) is 4.79 Å². The van der Waals surface area contributed by atoms with Gasteiger partial charge in [-0.15, -0.1) is 0 Å². The van der Waals surface area contributed by atoms with Crippen LogP contribution in [0.4, 0.5) is 5.69 Å². The summed E-state index contributed by atoms with van der Waals surface area (Å²) in [5, 5.41) is 15.7. The van der Waals surface area contributed by atoms with Crippen LogP contribution in [0.25, 0.3) is 0 Å². The van der Waals surface area contributed by atoms with Crippen LogP contribution >= 0.6 is 12.2 Å². The Labute approximate surface area is 135 Å². The molecule has 2 aromatic rings. The average molecular weight is 314 g/mol. The number of nitrogens with one attached hydrogen (secondary N) is 2. The molecule has 0 aliphatic rings. The lowest BCUT2D eigenvalue weighted by Gasteiger charge is -2.13. The SMILES string of the molecule is Cc1ccc(C)c(NC(=S)NCc2ccc(C(=O)O)cc2)c1. The second-order valence-electron chi connectivity index (χ2n) is 5.13. The van der Waals surface area contributed by atoms with E-state index in [0.717, 1.165) is 16.8 Å². The molecule has 3 N–H and O–H groups in total. The second-order valence-corrected chi connectivity index (χ2v) is 5.54. The van der Waals surface area contributed by atoms with E-state index in [1.807, 2.05) is 26.0 Å². The van der Waals surface area contributed by atoms with Gasteiger partial charge in [0, 0.05) is 12.2 Å². The Morgan fingerprint density at radius 3 is 2.45 bits per heavy atom. The lowest BCUT2D eigenvalue weighted by molar-refractivity contribution is 0.0697. The summed E-state index contributed by atoms with van der Waals surface area (Å²) in [6.45, 7) is 4.59. The van der Waals surface area contributed by atoms with Crippen LogP contribution in [0.3, 0.4) is 0 Å². The highest BCUT2D eigenvalue weighted by Crippen LogP contribution is 2.16. The number of hydrogen-bond acceptors (Lipinski definition) is 2. The highest BCUT2D eigenvalue weighted by Gasteiger charge is 2.04. The van der Waals surface area contributed by atoms with Gasteiger partial charge in [0.25, 0.3) is 0 Å². The molecule has 0 saturated carbocycles. The predicted molar refractivity (Wildman–Crippen MR) is 92.4 cm³/mol. The molecule has 22 heavy (non-hydrogen) atoms. The maximum atomic E-state index is 10.8. The third-order valence-electron chi connectivity index (χ3n) is 3.30. The van der Waals surface area contributed by atoms with Crippen LogP contribution in [0.15, 0.2) is 42.5 Å². The van der Waals surface area contributed by atoms with Crippen LogP contribution in [0.1, 0.15) is 27.0 Å². The van der Waals surface area contributed by atoms with Gasteiger partial charge in [0.05, 0.1) is 5.56 Å². The van der Waals surface area contributed by atoms with Crippen molar-refractivity contribution >= 4 is 29.0 Å². The smallest absolute Gasteiger partial charge is 0.335 e. The van der Waals surface area contributed by atoms with E-state index in [9.17, 15) is 4.79 Å². The Kier molecular flexibility index (Phi) is 5.12. The molecule has 0 atom stereocenters. The van der Waals surface area contributed by atoms with E-state index in [1.165, 1.54) is 5.56 Å². The number of aromatic carboxylic acids is 1. The Hall–Kier alpha value is -2.40. The van der Waals surface area contributed by atoms with Gasteiger partial charge < -0.3 is 15.7 Å². The summed E-state index contributed by atoms with van der Waals surface area (Å²) in [5.41, 5.74) is 4.52. The standard InChI is InChI=1S/C17H18N2O2S/c1-11-3-4-12(2)15(9-11)19-17(22)18-10-13-5-7-14(8-6-13)16(20)21/h3-9H,10H2,1-2H3,(H,20,21)(H2,18,19,22). The van der Waals surface area contributed by atoms with Gasteiger partial charge in [-0.3, -0.25) is 0 Å². The van der Waals surface area contributed by atoms with Crippen LogP contribution in [0.5, 0.6) is 0 Å². The predicted octanol–water partition coefficient (Wildman–Crippen LogP) is 3.49. The molecule has 0 heterocycles. The van der Waals surface area contributed by atoms with E-state index >= 15 is 0 Å². The maximum Gasteiger partial charge on any atom is 0.335 e. The molecular formula is C17H18N2O2S. The van der Waals surface area contributed by atoms with Crippen LogP contribution in [0, 0.1) is 13.8 Å². The number of benzene rings is 2. The number of hydrogen-bond donors (Lipinski definition) is 3. The summed E-state index contributed by atoms with van der Waals surface area (Å²) in [7, 11) is 0. The first-order chi connectivity index (χ1) is 10.5. The van der Waals surface area contributed by atoms with Gasteiger partial charge in [-0.05, 0) is 61.0 Å². The number of rotatable bonds is 4. The molecule has 2 aromatic carbocycles. The van der Waals surface area contributed by atoms with Crippen molar-refractivity contribution in [3.63, 3.8) is 0 Å². The molecule has 114 valence electrons. The summed E-state index contributed by atoms with van der Waals surface area (Å²) >= 11 is 5.29. The van der Waals surface area contributed by atoms with Crippen molar-refractivity contribution in [2.24, 2.45) is 0 Å². The van der Waals surface area contributed by atoms with E-state index in [4.69, 9.17) is 17.3 Å². The molecule has 0 spiro atoms. The Balaban J connectivity index is 1.92. The van der Waals surface area contributed by atoms with E-state index < -0.39 is 5.97 Å². The van der Waals surface area contributed by atoms with Crippen molar-refractivity contribution in [2.45, 2.75) is 20.4 Å². The van der Waals surface area contributed by atoms with Crippen LogP contribution in [-0.4, -0.2) is 16.2 Å². The average Bonchev–Trinajstić information content (AvgIpc) is 2.49. The zero-order valence-electron chi connectivity index (χ0n) is 12.5. The fourth-order valence-electron chi connectivity index (χ4n) is 1.98. The highest BCUT2D eigenvalue weighted by atomic mass is 32.1. The zero-order valence-corrected chi connectivity index (χ0v) is 13.3. The molecule has 0 fully saturated rings. The second kappa shape index (κ2) is 7.04. The van der Waals surface area contributed by atoms with Gasteiger partial charge in [-0.2, -0.15) is 0 Å². The molecule has 4 nitrogen and oxygen atoms in total. The molecule has 0 aliphatic carbocycles. The van der Waals surface area contributed by atoms with Crippen molar-refractivity contribution in [3.8, 4) is 0 Å². The van der Waals surface area contributed by atoms with E-state index in [-0.39, 0.29) is 5.56 Å². The normalized spacial score (nSPS) is 10.1. The largest absolute Gasteiger partial charge is 0.478 e. The molecule has 0 saturated heterocycles. The van der Waals surface area contributed by atoms with Gasteiger partial charge in [0.2, 0.25) is 0 Å². The molecule has 0 radical (unpaired) electrons. The Morgan fingerprint density at radius 1 is 1.14 bits per heavy atom. The van der Waals surface area contributed by atoms with Crippen molar-refractivity contribution in [1.82, 2.24) is 5.32 Å². The summed E-state index contributed by atoms with van der Waals surface area (Å²) in [5.74, 6) is -0.924. The number of aryl methyl sites for hydroxylation is 2. The minimum atomic E-state index is -0.924. The van der Waals surface area contributed by atoms with Crippen LogP contribution < -0.4 is 10.6 Å². The van der Waals surface area contributed by atoms with Gasteiger partial charge in [-0.1, -0.05) is 24.3 Å². The summed E-state index contributed by atoms with van der Waals surface area (Å²) in [4.78, 5) is 10.8. The van der Waals surface area contributed by atoms with E-state index in [1.54, 1.807) is 24.3 Å². The Bertz CT molecular complexity index is 696. The van der Waals surface area contributed by atoms with Crippen molar-refractivity contribution < 1.29 is 9.90 Å². The van der Waals surface area contributed by atoms with Gasteiger partial charge >= 0.3 is 5.97 Å². The quantitative estimate of drug-likeness (QED) is 0.754.